The van der Waals surface area contributed by atoms with E-state index in [9.17, 15) is 4.79 Å². The first kappa shape index (κ1) is 11.0. The summed E-state index contributed by atoms with van der Waals surface area (Å²) in [5, 5.41) is 15.0. The number of hydroxylamine groups is 1. The van der Waals surface area contributed by atoms with Crippen LogP contribution in [0.25, 0.3) is 0 Å². The Kier molecular flexibility index (Phi) is 5.64. The smallest absolute Gasteiger partial charge is 0.290 e. The van der Waals surface area contributed by atoms with Crippen LogP contribution in [0, 0.1) is 0 Å². The third-order valence-electron chi connectivity index (χ3n) is 0.924. The van der Waals surface area contributed by atoms with Gasteiger partial charge in [-0.1, -0.05) is 0 Å². The van der Waals surface area contributed by atoms with Crippen molar-refractivity contribution in [3.8, 4) is 0 Å². The van der Waals surface area contributed by atoms with Crippen LogP contribution in [0.2, 0.25) is 0 Å². The minimum absolute atomic E-state index is 0.227. The van der Waals surface area contributed by atoms with Crippen molar-refractivity contribution in [2.24, 2.45) is 0 Å². The van der Waals surface area contributed by atoms with Crippen molar-refractivity contribution >= 4 is 12.4 Å². The van der Waals surface area contributed by atoms with Crippen LogP contribution in [0.5, 0.6) is 0 Å². The molecular formula is C6H7N3O4. The molecule has 0 spiro atoms. The average Bonchev–Trinajstić information content (AvgIpc) is 2.19. The van der Waals surface area contributed by atoms with Crippen LogP contribution in [-0.2, 0) is 4.79 Å². The van der Waals surface area contributed by atoms with Crippen molar-refractivity contribution in [1.29, 1.82) is 0 Å². The number of aromatic nitrogens is 2. The zero-order valence-corrected chi connectivity index (χ0v) is 6.41. The molecule has 0 radical (unpaired) electrons. The van der Waals surface area contributed by atoms with Gasteiger partial charge in [-0.05, 0) is 0 Å². The van der Waals surface area contributed by atoms with E-state index in [4.69, 9.17) is 15.1 Å². The van der Waals surface area contributed by atoms with E-state index >= 15 is 0 Å². The number of nitrogens with zero attached hydrogens (tertiary/aromatic N) is 2. The van der Waals surface area contributed by atoms with Gasteiger partial charge in [0.15, 0.2) is 0 Å². The zero-order chi connectivity index (χ0) is 10.1. The summed E-state index contributed by atoms with van der Waals surface area (Å²) < 4.78 is 0. The molecule has 7 heteroatoms. The maximum absolute atomic E-state index is 10.6. The highest BCUT2D eigenvalue weighted by atomic mass is 16.5. The Morgan fingerprint density at radius 1 is 1.46 bits per heavy atom. The Morgan fingerprint density at radius 2 is 1.92 bits per heavy atom. The molecule has 0 saturated carbocycles. The van der Waals surface area contributed by atoms with Crippen LogP contribution in [0.4, 0.5) is 0 Å². The van der Waals surface area contributed by atoms with E-state index in [0.717, 1.165) is 0 Å². The lowest BCUT2D eigenvalue weighted by Gasteiger charge is -1.93. The van der Waals surface area contributed by atoms with E-state index in [-0.39, 0.29) is 12.0 Å². The number of amides is 1. The highest BCUT2D eigenvalue weighted by Gasteiger charge is 2.01. The number of hydrogen-bond donors (Lipinski definition) is 3. The van der Waals surface area contributed by atoms with Crippen LogP contribution >= 0.6 is 0 Å². The highest BCUT2D eigenvalue weighted by Crippen LogP contribution is 1.89. The van der Waals surface area contributed by atoms with Crippen LogP contribution < -0.4 is 5.48 Å². The lowest BCUT2D eigenvalue weighted by atomic mass is 10.3. The third kappa shape index (κ3) is 4.43. The Labute approximate surface area is 73.0 Å². The fraction of sp³-hybridized carbons (Fsp3) is 0. The second kappa shape index (κ2) is 6.68. The van der Waals surface area contributed by atoms with Crippen molar-refractivity contribution in [3.63, 3.8) is 0 Å². The van der Waals surface area contributed by atoms with Crippen molar-refractivity contribution in [2.45, 2.75) is 0 Å². The molecule has 1 rings (SSSR count). The molecule has 1 amide bonds. The van der Waals surface area contributed by atoms with Gasteiger partial charge in [0.2, 0.25) is 0 Å². The number of carbonyl (C=O) groups excluding carboxylic acids is 1. The molecule has 0 saturated heterocycles. The van der Waals surface area contributed by atoms with Gasteiger partial charge in [-0.15, -0.1) is 0 Å². The standard InChI is InChI=1S/C5H5N3O2.CH2O2/c9-5(8-10)4-1-6-3-7-2-4;2-1-3/h1-3,10H,(H,8,9);1H,(H,2,3). The van der Waals surface area contributed by atoms with Crippen LogP contribution in [-0.4, -0.2) is 32.7 Å². The third-order valence-corrected chi connectivity index (χ3v) is 0.924. The normalized spacial score (nSPS) is 7.77. The van der Waals surface area contributed by atoms with Gasteiger partial charge in [-0.25, -0.2) is 15.4 Å². The maximum atomic E-state index is 10.6. The van der Waals surface area contributed by atoms with E-state index in [1.807, 2.05) is 0 Å². The summed E-state index contributed by atoms with van der Waals surface area (Å²) >= 11 is 0. The molecule has 1 heterocycles. The minimum Gasteiger partial charge on any atom is -0.483 e. The van der Waals surface area contributed by atoms with Crippen molar-refractivity contribution < 1.29 is 19.9 Å². The predicted octanol–water partition coefficient (Wildman–Crippen LogP) is -0.704. The molecule has 3 N–H and O–H groups in total. The van der Waals surface area contributed by atoms with E-state index in [0.29, 0.717) is 0 Å². The molecule has 0 atom stereocenters. The Bertz CT molecular complexity index is 264. The molecule has 70 valence electrons. The molecule has 0 unspecified atom stereocenters. The van der Waals surface area contributed by atoms with E-state index in [2.05, 4.69) is 9.97 Å². The first-order valence-corrected chi connectivity index (χ1v) is 3.03. The summed E-state index contributed by atoms with van der Waals surface area (Å²) in [5.74, 6) is -0.611. The summed E-state index contributed by atoms with van der Waals surface area (Å²) in [6.45, 7) is -0.250. The van der Waals surface area contributed by atoms with E-state index in [1.165, 1.54) is 24.2 Å². The maximum Gasteiger partial charge on any atom is 0.290 e. The Balaban J connectivity index is 0.000000424. The zero-order valence-electron chi connectivity index (χ0n) is 6.41. The molecular weight excluding hydrogens is 178 g/mol. The summed E-state index contributed by atoms with van der Waals surface area (Å²) in [6.07, 6.45) is 3.91. The quantitative estimate of drug-likeness (QED) is 0.303. The minimum atomic E-state index is -0.611. The van der Waals surface area contributed by atoms with E-state index in [1.54, 1.807) is 0 Å². The highest BCUT2D eigenvalue weighted by molar-refractivity contribution is 5.92. The predicted molar refractivity (Wildman–Crippen MR) is 40.0 cm³/mol. The van der Waals surface area contributed by atoms with Gasteiger partial charge in [0.25, 0.3) is 12.4 Å². The molecule has 0 aliphatic carbocycles. The number of hydrogen-bond acceptors (Lipinski definition) is 5. The number of rotatable bonds is 1. The first-order valence-electron chi connectivity index (χ1n) is 3.03. The lowest BCUT2D eigenvalue weighted by Crippen LogP contribution is -2.18. The molecule has 13 heavy (non-hydrogen) atoms. The summed E-state index contributed by atoms with van der Waals surface area (Å²) in [6, 6.07) is 0. The van der Waals surface area contributed by atoms with Crippen LogP contribution in [0.3, 0.4) is 0 Å². The fourth-order valence-electron chi connectivity index (χ4n) is 0.481. The number of carbonyl (C=O) groups is 2. The van der Waals surface area contributed by atoms with Crippen molar-refractivity contribution in [3.05, 3.63) is 24.3 Å². The van der Waals surface area contributed by atoms with Crippen LogP contribution in [0.15, 0.2) is 18.7 Å². The molecule has 1 aromatic heterocycles. The van der Waals surface area contributed by atoms with Crippen LogP contribution in [0.1, 0.15) is 10.4 Å². The molecule has 1 aromatic rings. The molecule has 0 aromatic carbocycles. The molecule has 0 bridgehead atoms. The second-order valence-corrected chi connectivity index (χ2v) is 1.67. The van der Waals surface area contributed by atoms with E-state index < -0.39 is 5.91 Å². The summed E-state index contributed by atoms with van der Waals surface area (Å²) in [4.78, 5) is 26.1. The van der Waals surface area contributed by atoms with Crippen molar-refractivity contribution in [1.82, 2.24) is 15.4 Å². The Morgan fingerprint density at radius 3 is 2.31 bits per heavy atom. The average molecular weight is 185 g/mol. The molecule has 0 aliphatic heterocycles. The topological polar surface area (TPSA) is 112 Å². The fourth-order valence-corrected chi connectivity index (χ4v) is 0.481. The number of nitrogens with one attached hydrogen (secondary N) is 1. The van der Waals surface area contributed by atoms with Gasteiger partial charge in [0, 0.05) is 12.4 Å². The van der Waals surface area contributed by atoms with Gasteiger partial charge < -0.3 is 5.11 Å². The summed E-state index contributed by atoms with van der Waals surface area (Å²) in [5.41, 5.74) is 1.69. The van der Waals surface area contributed by atoms with Gasteiger partial charge >= 0.3 is 0 Å². The van der Waals surface area contributed by atoms with Gasteiger partial charge in [-0.2, -0.15) is 0 Å². The van der Waals surface area contributed by atoms with Crippen molar-refractivity contribution in [2.75, 3.05) is 0 Å². The van der Waals surface area contributed by atoms with Gasteiger partial charge in [0.05, 0.1) is 5.56 Å². The Hall–Kier alpha value is -2.02. The summed E-state index contributed by atoms with van der Waals surface area (Å²) in [7, 11) is 0. The second-order valence-electron chi connectivity index (χ2n) is 1.67. The lowest BCUT2D eigenvalue weighted by molar-refractivity contribution is -0.122. The first-order chi connectivity index (χ1) is 6.26. The largest absolute Gasteiger partial charge is 0.483 e. The molecule has 0 aliphatic rings. The number of carboxylic acid groups (broad SMARTS) is 1. The SMILES string of the molecule is O=C(NO)c1cncnc1.O=CO. The monoisotopic (exact) mass is 185 g/mol. The molecule has 0 fully saturated rings. The van der Waals surface area contributed by atoms with Gasteiger partial charge in [-0.3, -0.25) is 14.8 Å². The van der Waals surface area contributed by atoms with Gasteiger partial charge in [0.1, 0.15) is 6.33 Å². The molecule has 7 nitrogen and oxygen atoms in total.